The fourth-order valence-electron chi connectivity index (χ4n) is 3.55. The average molecular weight is 365 g/mol. The molecule has 0 spiro atoms. The maximum atomic E-state index is 11.7. The Morgan fingerprint density at radius 3 is 2.70 bits per heavy atom. The molecule has 0 aliphatic carbocycles. The molecule has 0 amide bonds. The minimum atomic E-state index is -0.140. The summed E-state index contributed by atoms with van der Waals surface area (Å²) in [7, 11) is 0. The Balaban J connectivity index is 2.07. The molecule has 0 radical (unpaired) electrons. The van der Waals surface area contributed by atoms with E-state index in [9.17, 15) is 4.79 Å². The topological polar surface area (TPSA) is 56.5 Å². The Bertz CT molecular complexity index is 960. The summed E-state index contributed by atoms with van der Waals surface area (Å²) in [5.74, 6) is -0.140. The summed E-state index contributed by atoms with van der Waals surface area (Å²) in [5.41, 5.74) is 7.84. The highest BCUT2D eigenvalue weighted by Gasteiger charge is 2.17. The molecule has 0 aliphatic heterocycles. The molecule has 3 heterocycles. The number of fused-ring (bicyclic) bond motifs is 1. The Morgan fingerprint density at radius 2 is 2.00 bits per heavy atom. The molecule has 0 unspecified atom stereocenters. The SMILES string of the molecule is CCOC(=O)CCCc1c(C)nn2c(CC)ccc2c1-c1cncc(C)c1. The maximum Gasteiger partial charge on any atom is 0.305 e. The van der Waals surface area contributed by atoms with Crippen LogP contribution in [0.25, 0.3) is 16.6 Å². The van der Waals surface area contributed by atoms with E-state index in [1.54, 1.807) is 0 Å². The fraction of sp³-hybridized carbons (Fsp3) is 0.409. The largest absolute Gasteiger partial charge is 0.466 e. The molecule has 5 heteroatoms. The summed E-state index contributed by atoms with van der Waals surface area (Å²) in [5, 5.41) is 4.83. The number of esters is 1. The summed E-state index contributed by atoms with van der Waals surface area (Å²) in [6, 6.07) is 6.43. The minimum absolute atomic E-state index is 0.140. The molecule has 0 saturated carbocycles. The quantitative estimate of drug-likeness (QED) is 0.580. The van der Waals surface area contributed by atoms with Crippen LogP contribution in [-0.2, 0) is 22.4 Å². The van der Waals surface area contributed by atoms with E-state index in [0.717, 1.165) is 41.6 Å². The summed E-state index contributed by atoms with van der Waals surface area (Å²) in [6.07, 6.45) is 6.65. The summed E-state index contributed by atoms with van der Waals surface area (Å²) in [6.45, 7) is 8.50. The van der Waals surface area contributed by atoms with Crippen LogP contribution in [0.5, 0.6) is 0 Å². The molecule has 0 N–H and O–H groups in total. The minimum Gasteiger partial charge on any atom is -0.466 e. The molecule has 0 atom stereocenters. The van der Waals surface area contributed by atoms with Crippen molar-refractivity contribution in [3.05, 3.63) is 53.1 Å². The third-order valence-electron chi connectivity index (χ3n) is 4.82. The van der Waals surface area contributed by atoms with Crippen LogP contribution in [0.3, 0.4) is 0 Å². The van der Waals surface area contributed by atoms with Gasteiger partial charge in [0.1, 0.15) is 0 Å². The maximum absolute atomic E-state index is 11.7. The molecule has 0 aromatic carbocycles. The fourth-order valence-corrected chi connectivity index (χ4v) is 3.55. The summed E-state index contributed by atoms with van der Waals surface area (Å²) < 4.78 is 7.10. The molecule has 0 fully saturated rings. The monoisotopic (exact) mass is 365 g/mol. The van der Waals surface area contributed by atoms with Gasteiger partial charge in [0.15, 0.2) is 0 Å². The molecular weight excluding hydrogens is 338 g/mol. The van der Waals surface area contributed by atoms with Gasteiger partial charge in [-0.1, -0.05) is 6.92 Å². The third kappa shape index (κ3) is 4.02. The number of pyridine rings is 1. The van der Waals surface area contributed by atoms with Gasteiger partial charge < -0.3 is 4.74 Å². The molecule has 0 aliphatic rings. The zero-order valence-corrected chi connectivity index (χ0v) is 16.6. The van der Waals surface area contributed by atoms with Gasteiger partial charge in [-0.25, -0.2) is 4.52 Å². The molecule has 3 aromatic heterocycles. The van der Waals surface area contributed by atoms with Crippen molar-refractivity contribution in [2.75, 3.05) is 6.61 Å². The predicted molar refractivity (Wildman–Crippen MR) is 107 cm³/mol. The van der Waals surface area contributed by atoms with Crippen LogP contribution in [0, 0.1) is 13.8 Å². The van der Waals surface area contributed by atoms with E-state index in [1.165, 1.54) is 16.8 Å². The lowest BCUT2D eigenvalue weighted by molar-refractivity contribution is -0.143. The second-order valence-electron chi connectivity index (χ2n) is 6.82. The van der Waals surface area contributed by atoms with E-state index < -0.39 is 0 Å². The van der Waals surface area contributed by atoms with E-state index in [2.05, 4.69) is 37.0 Å². The van der Waals surface area contributed by atoms with Crippen LogP contribution in [0.4, 0.5) is 0 Å². The van der Waals surface area contributed by atoms with Gasteiger partial charge >= 0.3 is 5.97 Å². The molecule has 27 heavy (non-hydrogen) atoms. The van der Waals surface area contributed by atoms with Crippen molar-refractivity contribution in [3.8, 4) is 11.1 Å². The van der Waals surface area contributed by atoms with Gasteiger partial charge in [0.05, 0.1) is 17.8 Å². The molecule has 142 valence electrons. The van der Waals surface area contributed by atoms with Crippen LogP contribution < -0.4 is 0 Å². The van der Waals surface area contributed by atoms with Gasteiger partial charge in [0, 0.05) is 35.6 Å². The first-order chi connectivity index (χ1) is 13.0. The summed E-state index contributed by atoms with van der Waals surface area (Å²) >= 11 is 0. The number of nitrogens with zero attached hydrogens (tertiary/aromatic N) is 3. The predicted octanol–water partition coefficient (Wildman–Crippen LogP) is 4.46. The van der Waals surface area contributed by atoms with Gasteiger partial charge in [-0.05, 0) is 69.4 Å². The van der Waals surface area contributed by atoms with Gasteiger partial charge in [0.2, 0.25) is 0 Å². The summed E-state index contributed by atoms with van der Waals surface area (Å²) in [4.78, 5) is 16.1. The molecule has 5 nitrogen and oxygen atoms in total. The molecular formula is C22H27N3O2. The van der Waals surface area contributed by atoms with Crippen molar-refractivity contribution < 1.29 is 9.53 Å². The van der Waals surface area contributed by atoms with Crippen molar-refractivity contribution in [1.82, 2.24) is 14.6 Å². The Labute approximate surface area is 160 Å². The first-order valence-electron chi connectivity index (χ1n) is 9.62. The molecule has 3 rings (SSSR count). The van der Waals surface area contributed by atoms with Crippen LogP contribution >= 0.6 is 0 Å². The lowest BCUT2D eigenvalue weighted by Crippen LogP contribution is -2.08. The zero-order valence-electron chi connectivity index (χ0n) is 16.6. The van der Waals surface area contributed by atoms with E-state index in [0.29, 0.717) is 13.0 Å². The number of aryl methyl sites for hydroxylation is 3. The van der Waals surface area contributed by atoms with Crippen LogP contribution in [0.2, 0.25) is 0 Å². The third-order valence-corrected chi connectivity index (χ3v) is 4.82. The number of rotatable bonds is 7. The lowest BCUT2D eigenvalue weighted by Gasteiger charge is -2.16. The van der Waals surface area contributed by atoms with Gasteiger partial charge in [-0.3, -0.25) is 9.78 Å². The molecule has 3 aromatic rings. The van der Waals surface area contributed by atoms with E-state index >= 15 is 0 Å². The van der Waals surface area contributed by atoms with E-state index in [1.807, 2.05) is 30.8 Å². The van der Waals surface area contributed by atoms with Crippen molar-refractivity contribution in [1.29, 1.82) is 0 Å². The molecule has 0 bridgehead atoms. The Kier molecular flexibility index (Phi) is 5.89. The lowest BCUT2D eigenvalue weighted by atomic mass is 9.95. The van der Waals surface area contributed by atoms with Crippen molar-refractivity contribution in [2.45, 2.75) is 53.4 Å². The average Bonchev–Trinajstić information content (AvgIpc) is 3.04. The van der Waals surface area contributed by atoms with Crippen molar-refractivity contribution in [2.24, 2.45) is 0 Å². The highest BCUT2D eigenvalue weighted by Crippen LogP contribution is 2.32. The second-order valence-corrected chi connectivity index (χ2v) is 6.82. The Morgan fingerprint density at radius 1 is 1.19 bits per heavy atom. The highest BCUT2D eigenvalue weighted by molar-refractivity contribution is 5.83. The Hall–Kier alpha value is -2.69. The molecule has 0 saturated heterocycles. The van der Waals surface area contributed by atoms with Gasteiger partial charge in [-0.2, -0.15) is 5.10 Å². The number of carbonyl (C=O) groups is 1. The standard InChI is InChI=1S/C22H27N3O2/c1-5-18-10-11-20-22(17-12-15(3)13-23-14-17)19(16(4)24-25(18)20)8-7-9-21(26)27-6-2/h10-14H,5-9H2,1-4H3. The number of ether oxygens (including phenoxy) is 1. The first kappa shape index (κ1) is 19.1. The smallest absolute Gasteiger partial charge is 0.305 e. The van der Waals surface area contributed by atoms with Crippen LogP contribution in [-0.4, -0.2) is 27.2 Å². The van der Waals surface area contributed by atoms with Gasteiger partial charge in [-0.15, -0.1) is 0 Å². The van der Waals surface area contributed by atoms with Crippen molar-refractivity contribution >= 4 is 11.5 Å². The first-order valence-corrected chi connectivity index (χ1v) is 9.62. The van der Waals surface area contributed by atoms with E-state index in [4.69, 9.17) is 9.84 Å². The van der Waals surface area contributed by atoms with Crippen LogP contribution in [0.15, 0.2) is 30.6 Å². The zero-order chi connectivity index (χ0) is 19.4. The number of aromatic nitrogens is 3. The van der Waals surface area contributed by atoms with E-state index in [-0.39, 0.29) is 5.97 Å². The van der Waals surface area contributed by atoms with Crippen LogP contribution in [0.1, 0.15) is 49.2 Å². The number of hydrogen-bond donors (Lipinski definition) is 0. The van der Waals surface area contributed by atoms with Crippen molar-refractivity contribution in [3.63, 3.8) is 0 Å². The highest BCUT2D eigenvalue weighted by atomic mass is 16.5. The number of hydrogen-bond acceptors (Lipinski definition) is 4. The number of carbonyl (C=O) groups excluding carboxylic acids is 1. The second kappa shape index (κ2) is 8.33. The normalized spacial score (nSPS) is 11.1. The van der Waals surface area contributed by atoms with Gasteiger partial charge in [0.25, 0.3) is 0 Å².